The number of hydrogen-bond acceptors (Lipinski definition) is 2. The smallest absolute Gasteiger partial charge is 0.207 e. The maximum Gasteiger partial charge on any atom is 0.416 e. The summed E-state index contributed by atoms with van der Waals surface area (Å²) in [4.78, 5) is 0.145. The number of halogens is 3. The Labute approximate surface area is 144 Å². The fourth-order valence-electron chi connectivity index (χ4n) is 3.07. The second-order valence-electron chi connectivity index (χ2n) is 6.25. The summed E-state index contributed by atoms with van der Waals surface area (Å²) in [5.41, 5.74) is 1.65. The number of hydrogen-bond donors (Lipinski definition) is 1. The minimum absolute atomic E-state index is 0.145. The molecule has 25 heavy (non-hydrogen) atoms. The van der Waals surface area contributed by atoms with Gasteiger partial charge in [0.2, 0.25) is 10.0 Å². The fraction of sp³-hybridized carbons (Fsp3) is 0.333. The molecule has 2 aromatic rings. The number of nitrogens with one attached hydrogen (secondary N) is 1. The highest BCUT2D eigenvalue weighted by Gasteiger charge is 2.31. The van der Waals surface area contributed by atoms with Gasteiger partial charge in [-0.25, -0.2) is 13.1 Å². The van der Waals surface area contributed by atoms with Crippen molar-refractivity contribution < 1.29 is 21.6 Å². The van der Waals surface area contributed by atoms with Crippen molar-refractivity contribution in [3.8, 4) is 0 Å². The molecule has 1 aliphatic carbocycles. The molecule has 0 fully saturated rings. The van der Waals surface area contributed by atoms with Crippen molar-refractivity contribution in [2.24, 2.45) is 0 Å². The molecular weight excluding hydrogens is 351 g/mol. The van der Waals surface area contributed by atoms with E-state index < -0.39 is 27.8 Å². The highest BCUT2D eigenvalue weighted by atomic mass is 32.2. The molecule has 1 N–H and O–H groups in total. The predicted octanol–water partition coefficient (Wildman–Crippen LogP) is 4.23. The van der Waals surface area contributed by atoms with Crippen molar-refractivity contribution in [3.63, 3.8) is 0 Å². The molecule has 1 aliphatic rings. The van der Waals surface area contributed by atoms with E-state index in [4.69, 9.17) is 0 Å². The maximum atomic E-state index is 12.8. The van der Waals surface area contributed by atoms with Gasteiger partial charge < -0.3 is 0 Å². The van der Waals surface area contributed by atoms with Crippen LogP contribution in [0.3, 0.4) is 0 Å². The van der Waals surface area contributed by atoms with Crippen molar-refractivity contribution in [1.82, 2.24) is 4.72 Å². The molecule has 0 saturated heterocycles. The van der Waals surface area contributed by atoms with E-state index >= 15 is 0 Å². The molecule has 0 heterocycles. The average Bonchev–Trinajstić information content (AvgIpc) is 3.01. The molecule has 2 aromatic carbocycles. The van der Waals surface area contributed by atoms with Gasteiger partial charge in [-0.05, 0) is 67.1 Å². The third kappa shape index (κ3) is 3.88. The number of alkyl halides is 3. The van der Waals surface area contributed by atoms with Crippen LogP contribution in [0.5, 0.6) is 0 Å². The first-order valence-corrected chi connectivity index (χ1v) is 9.46. The van der Waals surface area contributed by atoms with Gasteiger partial charge in [-0.2, -0.15) is 13.2 Å². The minimum atomic E-state index is -4.46. The Kier molecular flexibility index (Phi) is 4.64. The van der Waals surface area contributed by atoms with Gasteiger partial charge in [0.1, 0.15) is 0 Å². The van der Waals surface area contributed by atoms with E-state index in [9.17, 15) is 21.6 Å². The summed E-state index contributed by atoms with van der Waals surface area (Å²) in [6.45, 7) is 1.53. The number of sulfonamides is 1. The van der Waals surface area contributed by atoms with Crippen LogP contribution in [0, 0.1) is 0 Å². The third-order valence-corrected chi connectivity index (χ3v) is 5.96. The van der Waals surface area contributed by atoms with Gasteiger partial charge in [-0.1, -0.05) is 18.2 Å². The Morgan fingerprint density at radius 1 is 1.04 bits per heavy atom. The van der Waals surface area contributed by atoms with Gasteiger partial charge >= 0.3 is 6.18 Å². The summed E-state index contributed by atoms with van der Waals surface area (Å²) in [5, 5.41) is 0. The normalized spacial score (nSPS) is 15.8. The molecule has 1 atom stereocenters. The number of aryl methyl sites for hydroxylation is 2. The van der Waals surface area contributed by atoms with Crippen molar-refractivity contribution >= 4 is 10.0 Å². The van der Waals surface area contributed by atoms with E-state index in [1.807, 2.05) is 6.07 Å². The topological polar surface area (TPSA) is 46.2 Å². The molecule has 0 radical (unpaired) electrons. The lowest BCUT2D eigenvalue weighted by Crippen LogP contribution is -2.27. The molecular formula is C18H18F3NO2S. The van der Waals surface area contributed by atoms with Gasteiger partial charge in [0.05, 0.1) is 10.5 Å². The van der Waals surface area contributed by atoms with Crippen molar-refractivity contribution in [3.05, 3.63) is 64.7 Å². The van der Waals surface area contributed by atoms with Crippen molar-refractivity contribution in [2.45, 2.75) is 43.3 Å². The molecule has 0 saturated carbocycles. The Hall–Kier alpha value is -1.86. The molecule has 0 amide bonds. The van der Waals surface area contributed by atoms with Gasteiger partial charge in [-0.3, -0.25) is 0 Å². The number of benzene rings is 2. The lowest BCUT2D eigenvalue weighted by molar-refractivity contribution is -0.137. The SMILES string of the molecule is CC(NS(=O)(=O)c1ccc2c(c1)CCC2)c1cccc(C(F)(F)F)c1. The summed E-state index contributed by atoms with van der Waals surface area (Å²) in [6.07, 6.45) is -1.66. The van der Waals surface area contributed by atoms with Crippen LogP contribution in [-0.4, -0.2) is 8.42 Å². The Balaban J connectivity index is 1.83. The van der Waals surface area contributed by atoms with Crippen LogP contribution in [0.4, 0.5) is 13.2 Å². The van der Waals surface area contributed by atoms with Crippen LogP contribution in [0.2, 0.25) is 0 Å². The minimum Gasteiger partial charge on any atom is -0.207 e. The second kappa shape index (κ2) is 6.46. The maximum absolute atomic E-state index is 12.8. The van der Waals surface area contributed by atoms with Crippen LogP contribution in [0.1, 0.15) is 41.6 Å². The summed E-state index contributed by atoms with van der Waals surface area (Å²) < 4.78 is 66.1. The van der Waals surface area contributed by atoms with Crippen LogP contribution in [-0.2, 0) is 29.0 Å². The van der Waals surface area contributed by atoms with E-state index in [1.165, 1.54) is 19.1 Å². The van der Waals surface area contributed by atoms with E-state index in [0.29, 0.717) is 0 Å². The lowest BCUT2D eigenvalue weighted by Gasteiger charge is -2.17. The van der Waals surface area contributed by atoms with Gasteiger partial charge in [0.15, 0.2) is 0 Å². The highest BCUT2D eigenvalue weighted by molar-refractivity contribution is 7.89. The van der Waals surface area contributed by atoms with Crippen LogP contribution in [0.25, 0.3) is 0 Å². The van der Waals surface area contributed by atoms with Gasteiger partial charge in [0.25, 0.3) is 0 Å². The first-order chi connectivity index (χ1) is 11.7. The summed E-state index contributed by atoms with van der Waals surface area (Å²) in [5.74, 6) is 0. The standard InChI is InChI=1S/C18H18F3NO2S/c1-12(14-5-3-7-16(10-14)18(19,20)21)22-25(23,24)17-9-8-13-4-2-6-15(13)11-17/h3,5,7-12,22H,2,4,6H2,1H3. The van der Waals surface area contributed by atoms with E-state index in [2.05, 4.69) is 4.72 Å². The fourth-order valence-corrected chi connectivity index (χ4v) is 4.35. The molecule has 3 rings (SSSR count). The van der Waals surface area contributed by atoms with Gasteiger partial charge in [-0.15, -0.1) is 0 Å². The molecule has 0 bridgehead atoms. The second-order valence-corrected chi connectivity index (χ2v) is 7.96. The highest BCUT2D eigenvalue weighted by Crippen LogP contribution is 2.31. The van der Waals surface area contributed by atoms with Crippen molar-refractivity contribution in [2.75, 3.05) is 0 Å². The third-order valence-electron chi connectivity index (χ3n) is 4.43. The molecule has 0 aromatic heterocycles. The monoisotopic (exact) mass is 369 g/mol. The zero-order chi connectivity index (χ0) is 18.2. The quantitative estimate of drug-likeness (QED) is 0.877. The van der Waals surface area contributed by atoms with E-state index in [-0.39, 0.29) is 10.5 Å². The molecule has 7 heteroatoms. The summed E-state index contributed by atoms with van der Waals surface area (Å²) in [7, 11) is -3.81. The van der Waals surface area contributed by atoms with Gasteiger partial charge in [0, 0.05) is 6.04 Å². The first kappa shape index (κ1) is 17.9. The molecule has 1 unspecified atom stereocenters. The molecule has 3 nitrogen and oxygen atoms in total. The molecule has 134 valence electrons. The first-order valence-electron chi connectivity index (χ1n) is 7.98. The van der Waals surface area contributed by atoms with Crippen molar-refractivity contribution in [1.29, 1.82) is 0 Å². The zero-order valence-electron chi connectivity index (χ0n) is 13.6. The predicted molar refractivity (Wildman–Crippen MR) is 88.6 cm³/mol. The Bertz CT molecular complexity index is 891. The van der Waals surface area contributed by atoms with Crippen LogP contribution < -0.4 is 4.72 Å². The zero-order valence-corrected chi connectivity index (χ0v) is 14.4. The Morgan fingerprint density at radius 2 is 1.76 bits per heavy atom. The average molecular weight is 369 g/mol. The lowest BCUT2D eigenvalue weighted by atomic mass is 10.1. The summed E-state index contributed by atoms with van der Waals surface area (Å²) in [6, 6.07) is 8.92. The van der Waals surface area contributed by atoms with Crippen LogP contribution >= 0.6 is 0 Å². The number of fused-ring (bicyclic) bond motifs is 1. The van der Waals surface area contributed by atoms with Crippen LogP contribution in [0.15, 0.2) is 47.4 Å². The number of rotatable bonds is 4. The largest absolute Gasteiger partial charge is 0.416 e. The van der Waals surface area contributed by atoms with E-state index in [1.54, 1.807) is 12.1 Å². The molecule has 0 aliphatic heterocycles. The molecule has 0 spiro atoms. The summed E-state index contributed by atoms with van der Waals surface area (Å²) >= 11 is 0. The van der Waals surface area contributed by atoms with E-state index in [0.717, 1.165) is 42.5 Å². The Morgan fingerprint density at radius 3 is 2.48 bits per heavy atom.